The van der Waals surface area contributed by atoms with Crippen molar-refractivity contribution in [1.29, 1.82) is 0 Å². The molecule has 2 unspecified atom stereocenters. The van der Waals surface area contributed by atoms with Crippen LogP contribution >= 0.6 is 0 Å². The van der Waals surface area contributed by atoms with Gasteiger partial charge >= 0.3 is 0 Å². The standard InChI is InChI=1S/C17H26N2O2/c1-5-12-8-13(11(4)18)9-14-15(6-7-21-16(12)14)19-17(20)10(2)3/h8-11,15H,5-7,18H2,1-4H3,(H,19,20). The maximum atomic E-state index is 12.0. The van der Waals surface area contributed by atoms with E-state index in [0.717, 1.165) is 29.7 Å². The lowest BCUT2D eigenvalue weighted by molar-refractivity contribution is -0.124. The van der Waals surface area contributed by atoms with Crippen LogP contribution in [0.3, 0.4) is 0 Å². The lowest BCUT2D eigenvalue weighted by atomic mass is 9.92. The molecule has 0 bridgehead atoms. The van der Waals surface area contributed by atoms with E-state index in [2.05, 4.69) is 24.4 Å². The van der Waals surface area contributed by atoms with Crippen LogP contribution in [0, 0.1) is 5.92 Å². The molecule has 2 rings (SSSR count). The minimum atomic E-state index is -0.0241. The van der Waals surface area contributed by atoms with Crippen LogP contribution in [0.2, 0.25) is 0 Å². The molecule has 1 heterocycles. The molecular weight excluding hydrogens is 264 g/mol. The topological polar surface area (TPSA) is 64.3 Å². The van der Waals surface area contributed by atoms with E-state index in [4.69, 9.17) is 10.5 Å². The molecule has 2 atom stereocenters. The lowest BCUT2D eigenvalue weighted by Gasteiger charge is -2.30. The van der Waals surface area contributed by atoms with Gasteiger partial charge in [-0.25, -0.2) is 0 Å². The van der Waals surface area contributed by atoms with Crippen molar-refractivity contribution in [3.8, 4) is 5.75 Å². The van der Waals surface area contributed by atoms with Crippen molar-refractivity contribution in [3.05, 3.63) is 28.8 Å². The highest BCUT2D eigenvalue weighted by atomic mass is 16.5. The molecule has 4 nitrogen and oxygen atoms in total. The zero-order valence-corrected chi connectivity index (χ0v) is 13.4. The molecule has 1 amide bonds. The van der Waals surface area contributed by atoms with Crippen molar-refractivity contribution in [1.82, 2.24) is 5.32 Å². The van der Waals surface area contributed by atoms with Crippen molar-refractivity contribution < 1.29 is 9.53 Å². The number of amides is 1. The van der Waals surface area contributed by atoms with Crippen LogP contribution < -0.4 is 15.8 Å². The number of benzene rings is 1. The molecule has 1 aliphatic rings. The van der Waals surface area contributed by atoms with E-state index in [1.165, 1.54) is 5.56 Å². The number of hydrogen-bond donors (Lipinski definition) is 2. The highest BCUT2D eigenvalue weighted by Crippen LogP contribution is 2.37. The van der Waals surface area contributed by atoms with Crippen molar-refractivity contribution >= 4 is 5.91 Å². The Morgan fingerprint density at radius 1 is 1.43 bits per heavy atom. The van der Waals surface area contributed by atoms with Gasteiger partial charge in [-0.05, 0) is 30.5 Å². The van der Waals surface area contributed by atoms with Gasteiger partial charge in [-0.3, -0.25) is 4.79 Å². The Balaban J connectivity index is 2.40. The number of carbonyl (C=O) groups excluding carboxylic acids is 1. The Bertz CT molecular complexity index is 524. The maximum absolute atomic E-state index is 12.0. The molecule has 1 aromatic carbocycles. The van der Waals surface area contributed by atoms with Gasteiger partial charge in [0.2, 0.25) is 5.91 Å². The molecule has 4 heteroatoms. The van der Waals surface area contributed by atoms with E-state index in [-0.39, 0.29) is 23.9 Å². The molecule has 0 aromatic heterocycles. The van der Waals surface area contributed by atoms with E-state index >= 15 is 0 Å². The Kier molecular flexibility index (Phi) is 4.88. The minimum Gasteiger partial charge on any atom is -0.493 e. The minimum absolute atomic E-state index is 0.0152. The largest absolute Gasteiger partial charge is 0.493 e. The molecule has 0 aliphatic carbocycles. The van der Waals surface area contributed by atoms with Crippen LogP contribution in [0.25, 0.3) is 0 Å². The summed E-state index contributed by atoms with van der Waals surface area (Å²) >= 11 is 0. The van der Waals surface area contributed by atoms with Gasteiger partial charge in [0.1, 0.15) is 5.75 Å². The van der Waals surface area contributed by atoms with Crippen molar-refractivity contribution in [2.75, 3.05) is 6.61 Å². The van der Waals surface area contributed by atoms with Crippen molar-refractivity contribution in [2.24, 2.45) is 11.7 Å². The third kappa shape index (κ3) is 3.38. The number of nitrogens with one attached hydrogen (secondary N) is 1. The Morgan fingerprint density at radius 2 is 2.14 bits per heavy atom. The van der Waals surface area contributed by atoms with Gasteiger partial charge in [0.05, 0.1) is 12.6 Å². The summed E-state index contributed by atoms with van der Waals surface area (Å²) in [6.45, 7) is 8.55. The summed E-state index contributed by atoms with van der Waals surface area (Å²) in [5, 5.41) is 3.13. The number of hydrogen-bond acceptors (Lipinski definition) is 3. The third-order valence-electron chi connectivity index (χ3n) is 3.99. The first-order chi connectivity index (χ1) is 9.93. The molecule has 0 spiro atoms. The van der Waals surface area contributed by atoms with Gasteiger partial charge in [0.25, 0.3) is 0 Å². The molecule has 1 aromatic rings. The summed E-state index contributed by atoms with van der Waals surface area (Å²) < 4.78 is 5.86. The molecule has 1 aliphatic heterocycles. The second-order valence-electron chi connectivity index (χ2n) is 6.09. The number of fused-ring (bicyclic) bond motifs is 1. The van der Waals surface area contributed by atoms with Crippen LogP contribution in [0.15, 0.2) is 12.1 Å². The highest BCUT2D eigenvalue weighted by Gasteiger charge is 2.26. The average Bonchev–Trinajstić information content (AvgIpc) is 2.46. The van der Waals surface area contributed by atoms with E-state index in [1.807, 2.05) is 20.8 Å². The van der Waals surface area contributed by atoms with Gasteiger partial charge in [0, 0.05) is 23.9 Å². The fourth-order valence-electron chi connectivity index (χ4n) is 2.62. The van der Waals surface area contributed by atoms with Gasteiger partial charge < -0.3 is 15.8 Å². The van der Waals surface area contributed by atoms with Crippen LogP contribution in [-0.4, -0.2) is 12.5 Å². The Hall–Kier alpha value is -1.55. The summed E-state index contributed by atoms with van der Waals surface area (Å²) in [5.74, 6) is 0.998. The number of nitrogens with two attached hydrogens (primary N) is 1. The monoisotopic (exact) mass is 290 g/mol. The van der Waals surface area contributed by atoms with Gasteiger partial charge in [0.15, 0.2) is 0 Å². The smallest absolute Gasteiger partial charge is 0.223 e. The number of rotatable bonds is 4. The van der Waals surface area contributed by atoms with E-state index in [0.29, 0.717) is 6.61 Å². The number of aryl methyl sites for hydroxylation is 1. The highest BCUT2D eigenvalue weighted by molar-refractivity contribution is 5.78. The van der Waals surface area contributed by atoms with Gasteiger partial charge in [-0.15, -0.1) is 0 Å². The van der Waals surface area contributed by atoms with Gasteiger partial charge in [-0.1, -0.05) is 26.8 Å². The van der Waals surface area contributed by atoms with Crippen molar-refractivity contribution in [2.45, 2.75) is 52.6 Å². The predicted octanol–water partition coefficient (Wildman–Crippen LogP) is 2.86. The average molecular weight is 290 g/mol. The van der Waals surface area contributed by atoms with Crippen LogP contribution in [0.5, 0.6) is 5.75 Å². The zero-order chi connectivity index (χ0) is 15.6. The van der Waals surface area contributed by atoms with E-state index < -0.39 is 0 Å². The lowest BCUT2D eigenvalue weighted by Crippen LogP contribution is -2.35. The number of ether oxygens (including phenoxy) is 1. The second kappa shape index (κ2) is 6.48. The maximum Gasteiger partial charge on any atom is 0.223 e. The molecular formula is C17H26N2O2. The molecule has 0 fully saturated rings. The molecule has 21 heavy (non-hydrogen) atoms. The summed E-state index contributed by atoms with van der Waals surface area (Å²) in [7, 11) is 0. The molecule has 3 N–H and O–H groups in total. The van der Waals surface area contributed by atoms with Crippen LogP contribution in [-0.2, 0) is 11.2 Å². The Labute approximate surface area is 127 Å². The third-order valence-corrected chi connectivity index (χ3v) is 3.99. The zero-order valence-electron chi connectivity index (χ0n) is 13.4. The molecule has 0 saturated carbocycles. The molecule has 0 radical (unpaired) electrons. The summed E-state index contributed by atoms with van der Waals surface area (Å²) in [6.07, 6.45) is 1.70. The Morgan fingerprint density at radius 3 is 2.71 bits per heavy atom. The number of carbonyl (C=O) groups is 1. The first kappa shape index (κ1) is 15.8. The summed E-state index contributed by atoms with van der Waals surface area (Å²) in [5.41, 5.74) is 9.38. The summed E-state index contributed by atoms with van der Waals surface area (Å²) in [6, 6.07) is 4.20. The van der Waals surface area contributed by atoms with Crippen molar-refractivity contribution in [3.63, 3.8) is 0 Å². The van der Waals surface area contributed by atoms with Crippen LogP contribution in [0.1, 0.15) is 62.9 Å². The normalized spacial score (nSPS) is 18.9. The van der Waals surface area contributed by atoms with E-state index in [1.54, 1.807) is 0 Å². The predicted molar refractivity (Wildman–Crippen MR) is 84.3 cm³/mol. The van der Waals surface area contributed by atoms with Crippen LogP contribution in [0.4, 0.5) is 0 Å². The van der Waals surface area contributed by atoms with Gasteiger partial charge in [-0.2, -0.15) is 0 Å². The molecule has 116 valence electrons. The fraction of sp³-hybridized carbons (Fsp3) is 0.588. The van der Waals surface area contributed by atoms with E-state index in [9.17, 15) is 4.79 Å². The second-order valence-corrected chi connectivity index (χ2v) is 6.09. The SMILES string of the molecule is CCc1cc(C(C)N)cc2c1OCCC2NC(=O)C(C)C. The fourth-order valence-corrected chi connectivity index (χ4v) is 2.62. The molecule has 0 saturated heterocycles. The summed E-state index contributed by atoms with van der Waals surface area (Å²) in [4.78, 5) is 12.0. The first-order valence-electron chi connectivity index (χ1n) is 7.79. The quantitative estimate of drug-likeness (QED) is 0.896. The first-order valence-corrected chi connectivity index (χ1v) is 7.79.